The van der Waals surface area contributed by atoms with E-state index in [1.807, 2.05) is 31.2 Å². The molecule has 1 aromatic carbocycles. The van der Waals surface area contributed by atoms with E-state index in [0.717, 1.165) is 24.2 Å². The van der Waals surface area contributed by atoms with Gasteiger partial charge in [0.1, 0.15) is 11.9 Å². The van der Waals surface area contributed by atoms with E-state index in [-0.39, 0.29) is 0 Å². The molecule has 2 aliphatic rings. The molecule has 1 unspecified atom stereocenters. The van der Waals surface area contributed by atoms with Gasteiger partial charge in [-0.2, -0.15) is 13.2 Å². The van der Waals surface area contributed by atoms with Gasteiger partial charge in [0.2, 0.25) is 0 Å². The normalized spacial score (nSPS) is 24.4. The molecule has 2 bridgehead atoms. The van der Waals surface area contributed by atoms with Gasteiger partial charge in [0, 0.05) is 17.6 Å². The number of carboxylic acids is 1. The number of nitrogens with one attached hydrogen (secondary N) is 1. The van der Waals surface area contributed by atoms with Gasteiger partial charge in [-0.1, -0.05) is 18.4 Å². The Balaban J connectivity index is 0.000000298. The molecule has 0 radical (unpaired) electrons. The number of hydrogen-bond acceptors (Lipinski definition) is 3. The lowest BCUT2D eigenvalue weighted by Gasteiger charge is -2.40. The van der Waals surface area contributed by atoms with Crippen molar-refractivity contribution in [2.75, 3.05) is 0 Å². The van der Waals surface area contributed by atoms with Crippen molar-refractivity contribution < 1.29 is 27.8 Å². The molecule has 142 valence electrons. The number of piperidine rings is 2. The summed E-state index contributed by atoms with van der Waals surface area (Å²) in [5.74, 6) is 4.22. The van der Waals surface area contributed by atoms with E-state index < -0.39 is 12.1 Å². The van der Waals surface area contributed by atoms with Crippen LogP contribution in [0.2, 0.25) is 0 Å². The minimum absolute atomic E-state index is 0.362. The third kappa shape index (κ3) is 6.26. The minimum Gasteiger partial charge on any atom is -0.490 e. The number of carboxylic acid groups (broad SMARTS) is 1. The van der Waals surface area contributed by atoms with E-state index in [2.05, 4.69) is 17.2 Å². The fourth-order valence-corrected chi connectivity index (χ4v) is 3.29. The quantitative estimate of drug-likeness (QED) is 0.780. The van der Waals surface area contributed by atoms with E-state index >= 15 is 0 Å². The molecule has 0 aliphatic carbocycles. The average molecular weight is 369 g/mol. The van der Waals surface area contributed by atoms with Crippen molar-refractivity contribution in [3.05, 3.63) is 29.8 Å². The topological polar surface area (TPSA) is 58.6 Å². The Morgan fingerprint density at radius 3 is 2.42 bits per heavy atom. The van der Waals surface area contributed by atoms with E-state index in [4.69, 9.17) is 14.6 Å². The molecule has 2 heterocycles. The molecule has 26 heavy (non-hydrogen) atoms. The maximum Gasteiger partial charge on any atom is 0.490 e. The Kier molecular flexibility index (Phi) is 6.92. The molecule has 4 nitrogen and oxygen atoms in total. The largest absolute Gasteiger partial charge is 0.490 e. The molecular weight excluding hydrogens is 347 g/mol. The van der Waals surface area contributed by atoms with Gasteiger partial charge >= 0.3 is 12.1 Å². The van der Waals surface area contributed by atoms with Gasteiger partial charge < -0.3 is 15.2 Å². The van der Waals surface area contributed by atoms with Crippen LogP contribution in [0.4, 0.5) is 13.2 Å². The third-order valence-corrected chi connectivity index (χ3v) is 4.32. The molecule has 3 atom stereocenters. The van der Waals surface area contributed by atoms with Crippen molar-refractivity contribution in [3.8, 4) is 17.6 Å². The average Bonchev–Trinajstić information content (AvgIpc) is 2.55. The SMILES string of the molecule is CC#Cc1cccc(OC2C[C@H]3CCC[C@@H](C2)N3)c1.O=C(O)C(F)(F)F. The Bertz CT molecular complexity index is 667. The fraction of sp³-hybridized carbons (Fsp3) is 0.526. The van der Waals surface area contributed by atoms with Crippen LogP contribution in [0.15, 0.2) is 24.3 Å². The van der Waals surface area contributed by atoms with Crippen LogP contribution in [0.3, 0.4) is 0 Å². The number of ether oxygens (including phenoxy) is 1. The second-order valence-electron chi connectivity index (χ2n) is 6.41. The summed E-state index contributed by atoms with van der Waals surface area (Å²) in [4.78, 5) is 8.90. The number of fused-ring (bicyclic) bond motifs is 2. The summed E-state index contributed by atoms with van der Waals surface area (Å²) in [6, 6.07) is 9.47. The number of benzene rings is 1. The van der Waals surface area contributed by atoms with Crippen LogP contribution in [0.1, 0.15) is 44.6 Å². The van der Waals surface area contributed by atoms with Crippen LogP contribution in [0.25, 0.3) is 0 Å². The molecule has 0 spiro atoms. The summed E-state index contributed by atoms with van der Waals surface area (Å²) >= 11 is 0. The molecule has 0 saturated carbocycles. The lowest BCUT2D eigenvalue weighted by molar-refractivity contribution is -0.192. The zero-order valence-electron chi connectivity index (χ0n) is 14.5. The summed E-state index contributed by atoms with van der Waals surface area (Å²) in [5, 5.41) is 10.8. The van der Waals surface area contributed by atoms with Crippen molar-refractivity contribution >= 4 is 5.97 Å². The van der Waals surface area contributed by atoms with Crippen molar-refractivity contribution in [2.45, 2.75) is 63.4 Å². The zero-order chi connectivity index (χ0) is 19.2. The second-order valence-corrected chi connectivity index (χ2v) is 6.41. The van der Waals surface area contributed by atoms with E-state index in [1.54, 1.807) is 0 Å². The molecule has 2 fully saturated rings. The van der Waals surface area contributed by atoms with Gasteiger partial charge in [0.15, 0.2) is 0 Å². The van der Waals surface area contributed by atoms with Gasteiger partial charge in [-0.25, -0.2) is 4.79 Å². The number of carbonyl (C=O) groups is 1. The summed E-state index contributed by atoms with van der Waals surface area (Å²) in [7, 11) is 0. The summed E-state index contributed by atoms with van der Waals surface area (Å²) in [5.41, 5.74) is 1.04. The first-order valence-electron chi connectivity index (χ1n) is 8.53. The Morgan fingerprint density at radius 1 is 1.27 bits per heavy atom. The van der Waals surface area contributed by atoms with Crippen LogP contribution in [0, 0.1) is 11.8 Å². The molecular formula is C19H22F3NO3. The first kappa shape index (κ1) is 20.1. The summed E-state index contributed by atoms with van der Waals surface area (Å²) < 4.78 is 37.9. The fourth-order valence-electron chi connectivity index (χ4n) is 3.29. The second kappa shape index (κ2) is 8.95. The van der Waals surface area contributed by atoms with Crippen molar-refractivity contribution in [3.63, 3.8) is 0 Å². The van der Waals surface area contributed by atoms with E-state index in [0.29, 0.717) is 18.2 Å². The molecule has 0 amide bonds. The zero-order valence-corrected chi connectivity index (χ0v) is 14.5. The van der Waals surface area contributed by atoms with Gasteiger partial charge in [0.25, 0.3) is 0 Å². The lowest BCUT2D eigenvalue weighted by atomic mass is 9.85. The van der Waals surface area contributed by atoms with Gasteiger partial charge in [0.05, 0.1) is 0 Å². The monoisotopic (exact) mass is 369 g/mol. The Morgan fingerprint density at radius 2 is 1.88 bits per heavy atom. The molecule has 2 N–H and O–H groups in total. The van der Waals surface area contributed by atoms with E-state index in [1.165, 1.54) is 19.3 Å². The summed E-state index contributed by atoms with van der Waals surface area (Å²) in [6.45, 7) is 1.86. The first-order valence-corrected chi connectivity index (χ1v) is 8.53. The van der Waals surface area contributed by atoms with E-state index in [9.17, 15) is 13.2 Å². The molecule has 3 rings (SSSR count). The van der Waals surface area contributed by atoms with Gasteiger partial charge in [-0.15, -0.1) is 5.92 Å². The van der Waals surface area contributed by atoms with Crippen molar-refractivity contribution in [1.82, 2.24) is 5.32 Å². The maximum absolute atomic E-state index is 10.6. The molecule has 7 heteroatoms. The van der Waals surface area contributed by atoms with Crippen LogP contribution < -0.4 is 10.1 Å². The standard InChI is InChI=1S/C17H21NO.C2HF3O2/c1-2-5-13-6-3-9-16(10-13)19-17-11-14-7-4-8-15(12-17)18-14;3-2(4,5)1(6)7/h3,6,9-10,14-15,17-18H,4,7-8,11-12H2,1H3;(H,6,7)/t14-,15+,17?;. The van der Waals surface area contributed by atoms with Crippen LogP contribution in [-0.4, -0.2) is 35.4 Å². The predicted molar refractivity (Wildman–Crippen MR) is 90.9 cm³/mol. The number of aliphatic carboxylic acids is 1. The minimum atomic E-state index is -5.08. The van der Waals surface area contributed by atoms with Gasteiger partial charge in [-0.3, -0.25) is 0 Å². The highest BCUT2D eigenvalue weighted by Crippen LogP contribution is 2.28. The molecule has 2 saturated heterocycles. The first-order chi connectivity index (χ1) is 12.3. The number of alkyl halides is 3. The molecule has 2 aliphatic heterocycles. The number of rotatable bonds is 2. The smallest absolute Gasteiger partial charge is 0.490 e. The van der Waals surface area contributed by atoms with Crippen LogP contribution in [-0.2, 0) is 4.79 Å². The van der Waals surface area contributed by atoms with Crippen molar-refractivity contribution in [1.29, 1.82) is 0 Å². The predicted octanol–water partition coefficient (Wildman–Crippen LogP) is 3.74. The van der Waals surface area contributed by atoms with Crippen LogP contribution >= 0.6 is 0 Å². The highest BCUT2D eigenvalue weighted by Gasteiger charge is 2.38. The summed E-state index contributed by atoms with van der Waals surface area (Å²) in [6.07, 6.45) is 1.54. The Labute approximate surface area is 150 Å². The van der Waals surface area contributed by atoms with Crippen molar-refractivity contribution in [2.24, 2.45) is 0 Å². The number of hydrogen-bond donors (Lipinski definition) is 2. The van der Waals surface area contributed by atoms with Gasteiger partial charge in [-0.05, 0) is 50.8 Å². The Hall–Kier alpha value is -2.20. The third-order valence-electron chi connectivity index (χ3n) is 4.32. The number of halogens is 3. The molecule has 0 aromatic heterocycles. The lowest BCUT2D eigenvalue weighted by Crippen LogP contribution is -2.51. The van der Waals surface area contributed by atoms with Crippen LogP contribution in [0.5, 0.6) is 5.75 Å². The molecule has 1 aromatic rings. The highest BCUT2D eigenvalue weighted by atomic mass is 19.4. The highest BCUT2D eigenvalue weighted by molar-refractivity contribution is 5.73. The maximum atomic E-state index is 10.6.